The third kappa shape index (κ3) is 2.61. The first kappa shape index (κ1) is 12.3. The van der Waals surface area contributed by atoms with Gasteiger partial charge in [0.25, 0.3) is 0 Å². The van der Waals surface area contributed by atoms with Crippen molar-refractivity contribution < 1.29 is 8.42 Å². The van der Waals surface area contributed by atoms with Crippen LogP contribution >= 0.6 is 11.6 Å². The highest BCUT2D eigenvalue weighted by atomic mass is 35.5. The van der Waals surface area contributed by atoms with Gasteiger partial charge in [-0.2, -0.15) is 0 Å². The Balaban J connectivity index is 2.69. The molecule has 2 atom stereocenters. The zero-order valence-electron chi connectivity index (χ0n) is 8.88. The summed E-state index contributed by atoms with van der Waals surface area (Å²) >= 11 is 6.01. The van der Waals surface area contributed by atoms with E-state index in [0.717, 1.165) is 19.3 Å². The maximum atomic E-state index is 11.8. The standard InChI is InChI=1S/C9H18ClNO2S/c1-9(2,3)14(12,13)11-8-6-4-5-7(8)10/h7-8,11H,4-6H2,1-3H3. The van der Waals surface area contributed by atoms with E-state index >= 15 is 0 Å². The van der Waals surface area contributed by atoms with Crippen molar-refractivity contribution in [2.75, 3.05) is 0 Å². The van der Waals surface area contributed by atoms with Crippen molar-refractivity contribution in [1.29, 1.82) is 0 Å². The first-order chi connectivity index (χ1) is 6.24. The van der Waals surface area contributed by atoms with Gasteiger partial charge in [0.05, 0.1) is 4.75 Å². The molecule has 0 aromatic heterocycles. The van der Waals surface area contributed by atoms with Crippen molar-refractivity contribution in [2.45, 2.75) is 56.2 Å². The van der Waals surface area contributed by atoms with Gasteiger partial charge in [0.2, 0.25) is 10.0 Å². The molecule has 2 unspecified atom stereocenters. The van der Waals surface area contributed by atoms with E-state index in [-0.39, 0.29) is 11.4 Å². The molecule has 1 N–H and O–H groups in total. The fraction of sp³-hybridized carbons (Fsp3) is 1.00. The molecule has 0 radical (unpaired) electrons. The van der Waals surface area contributed by atoms with Crippen LogP contribution in [0, 0.1) is 0 Å². The predicted molar refractivity (Wildman–Crippen MR) is 59.1 cm³/mol. The molecule has 3 nitrogen and oxygen atoms in total. The number of hydrogen-bond acceptors (Lipinski definition) is 2. The fourth-order valence-corrected chi connectivity index (χ4v) is 2.88. The maximum absolute atomic E-state index is 11.8. The lowest BCUT2D eigenvalue weighted by atomic mass is 10.3. The SMILES string of the molecule is CC(C)(C)S(=O)(=O)NC1CCCC1Cl. The van der Waals surface area contributed by atoms with Gasteiger partial charge in [-0.3, -0.25) is 0 Å². The molecule has 0 aliphatic heterocycles. The summed E-state index contributed by atoms with van der Waals surface area (Å²) in [6.45, 7) is 5.06. The molecule has 0 bridgehead atoms. The summed E-state index contributed by atoms with van der Waals surface area (Å²) in [5, 5.41) is -0.0490. The summed E-state index contributed by atoms with van der Waals surface area (Å²) < 4.78 is 25.5. The highest BCUT2D eigenvalue weighted by Crippen LogP contribution is 2.26. The molecular formula is C9H18ClNO2S. The first-order valence-electron chi connectivity index (χ1n) is 4.90. The van der Waals surface area contributed by atoms with Gasteiger partial charge in [-0.25, -0.2) is 13.1 Å². The summed E-state index contributed by atoms with van der Waals surface area (Å²) in [5.41, 5.74) is 0. The molecule has 1 aliphatic carbocycles. The fourth-order valence-electron chi connectivity index (χ4n) is 1.42. The van der Waals surface area contributed by atoms with E-state index in [1.165, 1.54) is 0 Å². The Hall–Kier alpha value is 0.200. The Kier molecular flexibility index (Phi) is 3.49. The number of halogens is 1. The zero-order valence-corrected chi connectivity index (χ0v) is 10.5. The summed E-state index contributed by atoms with van der Waals surface area (Å²) in [6.07, 6.45) is 2.76. The van der Waals surface area contributed by atoms with E-state index in [1.807, 2.05) is 0 Å². The van der Waals surface area contributed by atoms with Crippen molar-refractivity contribution >= 4 is 21.6 Å². The second-order valence-electron chi connectivity index (χ2n) is 4.79. The lowest BCUT2D eigenvalue weighted by Gasteiger charge is -2.24. The number of hydrogen-bond donors (Lipinski definition) is 1. The molecule has 0 amide bonds. The molecule has 5 heteroatoms. The second-order valence-corrected chi connectivity index (χ2v) is 7.81. The van der Waals surface area contributed by atoms with Crippen molar-refractivity contribution in [1.82, 2.24) is 4.72 Å². The third-order valence-corrected chi connectivity index (χ3v) is 5.29. The second kappa shape index (κ2) is 3.99. The average molecular weight is 240 g/mol. The number of nitrogens with one attached hydrogen (secondary N) is 1. The number of rotatable bonds is 2. The smallest absolute Gasteiger partial charge is 0.212 e. The van der Waals surface area contributed by atoms with E-state index < -0.39 is 14.8 Å². The van der Waals surface area contributed by atoms with Gasteiger partial charge < -0.3 is 0 Å². The normalized spacial score (nSPS) is 29.4. The van der Waals surface area contributed by atoms with Gasteiger partial charge in [0.15, 0.2) is 0 Å². The Morgan fingerprint density at radius 3 is 2.21 bits per heavy atom. The zero-order chi connectivity index (χ0) is 11.0. The lowest BCUT2D eigenvalue weighted by Crippen LogP contribution is -2.46. The Morgan fingerprint density at radius 2 is 1.86 bits per heavy atom. The van der Waals surface area contributed by atoms with Gasteiger partial charge in [-0.05, 0) is 33.6 Å². The predicted octanol–water partition coefficient (Wildman–Crippen LogP) is 1.86. The van der Waals surface area contributed by atoms with Crippen LogP contribution in [0.4, 0.5) is 0 Å². The van der Waals surface area contributed by atoms with Crippen LogP contribution in [0.3, 0.4) is 0 Å². The summed E-state index contributed by atoms with van der Waals surface area (Å²) in [7, 11) is -3.25. The van der Waals surface area contributed by atoms with Gasteiger partial charge in [0.1, 0.15) is 0 Å². The van der Waals surface area contributed by atoms with Crippen LogP contribution in [0.15, 0.2) is 0 Å². The van der Waals surface area contributed by atoms with Crippen molar-refractivity contribution in [3.63, 3.8) is 0 Å². The first-order valence-corrected chi connectivity index (χ1v) is 6.82. The molecule has 1 fully saturated rings. The summed E-state index contributed by atoms with van der Waals surface area (Å²) in [4.78, 5) is 0. The molecule has 0 aromatic rings. The van der Waals surface area contributed by atoms with Crippen LogP contribution in [-0.2, 0) is 10.0 Å². The number of sulfonamides is 1. The van der Waals surface area contributed by atoms with Crippen LogP contribution in [0.25, 0.3) is 0 Å². The highest BCUT2D eigenvalue weighted by Gasteiger charge is 2.35. The van der Waals surface area contributed by atoms with Crippen LogP contribution < -0.4 is 4.72 Å². The van der Waals surface area contributed by atoms with Crippen molar-refractivity contribution in [2.24, 2.45) is 0 Å². The molecule has 0 aromatic carbocycles. The van der Waals surface area contributed by atoms with E-state index in [2.05, 4.69) is 4.72 Å². The Labute approximate surface area is 91.3 Å². The largest absolute Gasteiger partial charge is 0.216 e. The molecule has 0 saturated heterocycles. The van der Waals surface area contributed by atoms with Gasteiger partial charge in [-0.15, -0.1) is 11.6 Å². The summed E-state index contributed by atoms with van der Waals surface area (Å²) in [6, 6.07) is -0.0825. The van der Waals surface area contributed by atoms with Gasteiger partial charge in [-0.1, -0.05) is 6.42 Å². The van der Waals surface area contributed by atoms with Crippen molar-refractivity contribution in [3.8, 4) is 0 Å². The van der Waals surface area contributed by atoms with Gasteiger partial charge >= 0.3 is 0 Å². The van der Waals surface area contributed by atoms with Crippen molar-refractivity contribution in [3.05, 3.63) is 0 Å². The van der Waals surface area contributed by atoms with Crippen LogP contribution in [-0.4, -0.2) is 24.6 Å². The molecule has 1 aliphatic rings. The number of alkyl halides is 1. The molecular weight excluding hydrogens is 222 g/mol. The summed E-state index contributed by atoms with van der Waals surface area (Å²) in [5.74, 6) is 0. The van der Waals surface area contributed by atoms with E-state index in [4.69, 9.17) is 11.6 Å². The van der Waals surface area contributed by atoms with Crippen LogP contribution in [0.1, 0.15) is 40.0 Å². The lowest BCUT2D eigenvalue weighted by molar-refractivity contribution is 0.522. The van der Waals surface area contributed by atoms with Crippen LogP contribution in [0.2, 0.25) is 0 Å². The molecule has 1 rings (SSSR count). The van der Waals surface area contributed by atoms with Gasteiger partial charge in [0, 0.05) is 11.4 Å². The monoisotopic (exact) mass is 239 g/mol. The quantitative estimate of drug-likeness (QED) is 0.748. The molecule has 84 valence electrons. The average Bonchev–Trinajstić information content (AvgIpc) is 2.33. The molecule has 14 heavy (non-hydrogen) atoms. The minimum atomic E-state index is -3.25. The highest BCUT2D eigenvalue weighted by molar-refractivity contribution is 7.90. The molecule has 0 spiro atoms. The van der Waals surface area contributed by atoms with Crippen LogP contribution in [0.5, 0.6) is 0 Å². The Morgan fingerprint density at radius 1 is 1.29 bits per heavy atom. The minimum Gasteiger partial charge on any atom is -0.212 e. The topological polar surface area (TPSA) is 46.2 Å². The molecule has 1 saturated carbocycles. The van der Waals surface area contributed by atoms with E-state index in [0.29, 0.717) is 0 Å². The maximum Gasteiger partial charge on any atom is 0.216 e. The van der Waals surface area contributed by atoms with E-state index in [9.17, 15) is 8.42 Å². The third-order valence-electron chi connectivity index (χ3n) is 2.54. The minimum absolute atomic E-state index is 0.0490. The van der Waals surface area contributed by atoms with E-state index in [1.54, 1.807) is 20.8 Å². The Bertz CT molecular complexity index is 294. The molecule has 0 heterocycles.